The molecule has 0 bridgehead atoms. The molecule has 1 aliphatic carbocycles. The number of nitrogens with zero attached hydrogens (tertiary/aromatic N) is 1. The van der Waals surface area contributed by atoms with E-state index in [1.807, 2.05) is 12.4 Å². The molecular weight excluding hydrogens is 220 g/mol. The third-order valence-electron chi connectivity index (χ3n) is 4.39. The molecule has 2 rings (SSSR count). The van der Waals surface area contributed by atoms with Gasteiger partial charge < -0.3 is 5.32 Å². The van der Waals surface area contributed by atoms with Crippen molar-refractivity contribution < 1.29 is 0 Å². The maximum Gasteiger partial charge on any atom is 0.0315 e. The highest BCUT2D eigenvalue weighted by Crippen LogP contribution is 2.25. The second-order valence-electron chi connectivity index (χ2n) is 5.66. The average molecular weight is 246 g/mol. The van der Waals surface area contributed by atoms with Gasteiger partial charge in [0, 0.05) is 25.0 Å². The van der Waals surface area contributed by atoms with Crippen LogP contribution in [-0.4, -0.2) is 11.0 Å². The first-order valence-corrected chi connectivity index (χ1v) is 7.42. The van der Waals surface area contributed by atoms with Gasteiger partial charge in [0.2, 0.25) is 0 Å². The van der Waals surface area contributed by atoms with Crippen LogP contribution < -0.4 is 5.32 Å². The van der Waals surface area contributed by atoms with Crippen LogP contribution in [-0.2, 0) is 6.54 Å². The Morgan fingerprint density at radius 3 is 2.94 bits per heavy atom. The number of nitrogens with one attached hydrogen (secondary N) is 1. The Morgan fingerprint density at radius 1 is 1.28 bits per heavy atom. The van der Waals surface area contributed by atoms with Crippen LogP contribution in [0.25, 0.3) is 0 Å². The van der Waals surface area contributed by atoms with Crippen molar-refractivity contribution in [1.82, 2.24) is 10.3 Å². The maximum atomic E-state index is 4.21. The van der Waals surface area contributed by atoms with Gasteiger partial charge in [-0.2, -0.15) is 0 Å². The largest absolute Gasteiger partial charge is 0.310 e. The molecule has 0 saturated heterocycles. The Balaban J connectivity index is 1.82. The highest BCUT2D eigenvalue weighted by Gasteiger charge is 2.17. The van der Waals surface area contributed by atoms with Crippen LogP contribution in [0.4, 0.5) is 0 Å². The molecule has 2 nitrogen and oxygen atoms in total. The van der Waals surface area contributed by atoms with Crippen LogP contribution in [0.15, 0.2) is 18.5 Å². The summed E-state index contributed by atoms with van der Waals surface area (Å²) >= 11 is 0. The zero-order valence-corrected chi connectivity index (χ0v) is 11.8. The van der Waals surface area contributed by atoms with Gasteiger partial charge in [-0.3, -0.25) is 4.98 Å². The smallest absolute Gasteiger partial charge is 0.0315 e. The molecule has 1 aromatic rings. The molecule has 1 saturated carbocycles. The molecule has 0 radical (unpaired) electrons. The van der Waals surface area contributed by atoms with Gasteiger partial charge in [0.25, 0.3) is 0 Å². The van der Waals surface area contributed by atoms with E-state index < -0.39 is 0 Å². The summed E-state index contributed by atoms with van der Waals surface area (Å²) in [6, 6.07) is 2.80. The molecule has 1 heterocycles. The lowest BCUT2D eigenvalue weighted by Gasteiger charge is -2.17. The van der Waals surface area contributed by atoms with Crippen molar-refractivity contribution >= 4 is 0 Å². The van der Waals surface area contributed by atoms with E-state index in [1.165, 1.54) is 49.7 Å². The van der Waals surface area contributed by atoms with Gasteiger partial charge >= 0.3 is 0 Å². The standard InChI is InChI=1S/C16H26N2/c1-3-14-5-4-6-16(8-7-14)18-12-15-11-17-10-9-13(15)2/h9-11,14,16,18H,3-8,12H2,1-2H3. The maximum absolute atomic E-state index is 4.21. The van der Waals surface area contributed by atoms with Crippen LogP contribution in [0.2, 0.25) is 0 Å². The summed E-state index contributed by atoms with van der Waals surface area (Å²) < 4.78 is 0. The van der Waals surface area contributed by atoms with Gasteiger partial charge in [-0.05, 0) is 49.3 Å². The molecular formula is C16H26N2. The lowest BCUT2D eigenvalue weighted by Crippen LogP contribution is -2.28. The number of aromatic nitrogens is 1. The van der Waals surface area contributed by atoms with Gasteiger partial charge in [0.15, 0.2) is 0 Å². The van der Waals surface area contributed by atoms with Crippen molar-refractivity contribution in [3.05, 3.63) is 29.6 Å². The minimum atomic E-state index is 0.709. The summed E-state index contributed by atoms with van der Waals surface area (Å²) in [6.45, 7) is 5.47. The van der Waals surface area contributed by atoms with Crippen LogP contribution in [0.1, 0.15) is 56.6 Å². The Labute approximate surface area is 111 Å². The molecule has 0 aromatic carbocycles. The van der Waals surface area contributed by atoms with E-state index in [1.54, 1.807) is 0 Å². The molecule has 0 amide bonds. The molecule has 1 aromatic heterocycles. The number of hydrogen-bond donors (Lipinski definition) is 1. The summed E-state index contributed by atoms with van der Waals surface area (Å²) in [4.78, 5) is 4.21. The first-order valence-electron chi connectivity index (χ1n) is 7.42. The zero-order chi connectivity index (χ0) is 12.8. The quantitative estimate of drug-likeness (QED) is 0.817. The molecule has 2 heteroatoms. The van der Waals surface area contributed by atoms with E-state index >= 15 is 0 Å². The zero-order valence-electron chi connectivity index (χ0n) is 11.8. The fraction of sp³-hybridized carbons (Fsp3) is 0.688. The predicted molar refractivity (Wildman–Crippen MR) is 76.5 cm³/mol. The Morgan fingerprint density at radius 2 is 2.17 bits per heavy atom. The van der Waals surface area contributed by atoms with E-state index in [0.29, 0.717) is 6.04 Å². The SMILES string of the molecule is CCC1CCCC(NCc2cnccc2C)CC1. The van der Waals surface area contributed by atoms with E-state index in [0.717, 1.165) is 12.5 Å². The molecule has 1 aliphatic rings. The van der Waals surface area contributed by atoms with Gasteiger partial charge in [0.1, 0.15) is 0 Å². The second kappa shape index (κ2) is 6.89. The van der Waals surface area contributed by atoms with E-state index in [-0.39, 0.29) is 0 Å². The Bertz CT molecular complexity index is 362. The van der Waals surface area contributed by atoms with Crippen molar-refractivity contribution in [3.8, 4) is 0 Å². The van der Waals surface area contributed by atoms with Crippen molar-refractivity contribution in [1.29, 1.82) is 0 Å². The van der Waals surface area contributed by atoms with Gasteiger partial charge in [-0.25, -0.2) is 0 Å². The fourth-order valence-electron chi connectivity index (χ4n) is 2.93. The topological polar surface area (TPSA) is 24.9 Å². The van der Waals surface area contributed by atoms with Crippen molar-refractivity contribution in [3.63, 3.8) is 0 Å². The Kier molecular flexibility index (Phi) is 5.18. The normalized spacial score (nSPS) is 24.8. The van der Waals surface area contributed by atoms with E-state index in [2.05, 4.69) is 30.2 Å². The minimum Gasteiger partial charge on any atom is -0.310 e. The Hall–Kier alpha value is -0.890. The molecule has 2 atom stereocenters. The lowest BCUT2D eigenvalue weighted by molar-refractivity contribution is 0.425. The summed E-state index contributed by atoms with van der Waals surface area (Å²) in [5.74, 6) is 0.969. The summed E-state index contributed by atoms with van der Waals surface area (Å²) in [5, 5.41) is 3.72. The molecule has 2 unspecified atom stereocenters. The summed E-state index contributed by atoms with van der Waals surface area (Å²) in [7, 11) is 0. The second-order valence-corrected chi connectivity index (χ2v) is 5.66. The molecule has 100 valence electrons. The van der Waals surface area contributed by atoms with Crippen molar-refractivity contribution in [2.45, 2.75) is 65.0 Å². The molecule has 0 spiro atoms. The number of rotatable bonds is 4. The average Bonchev–Trinajstić information content (AvgIpc) is 2.63. The first-order chi connectivity index (χ1) is 8.79. The third kappa shape index (κ3) is 3.81. The van der Waals surface area contributed by atoms with Crippen LogP contribution in [0, 0.1) is 12.8 Å². The molecule has 1 N–H and O–H groups in total. The van der Waals surface area contributed by atoms with Crippen molar-refractivity contribution in [2.24, 2.45) is 5.92 Å². The van der Waals surface area contributed by atoms with E-state index in [4.69, 9.17) is 0 Å². The minimum absolute atomic E-state index is 0.709. The predicted octanol–water partition coefficient (Wildman–Crippen LogP) is 3.84. The van der Waals surface area contributed by atoms with Crippen LogP contribution in [0.3, 0.4) is 0 Å². The number of aryl methyl sites for hydroxylation is 1. The van der Waals surface area contributed by atoms with Crippen LogP contribution in [0.5, 0.6) is 0 Å². The summed E-state index contributed by atoms with van der Waals surface area (Å²) in [6.07, 6.45) is 12.1. The van der Waals surface area contributed by atoms with Crippen LogP contribution >= 0.6 is 0 Å². The monoisotopic (exact) mass is 246 g/mol. The van der Waals surface area contributed by atoms with Crippen molar-refractivity contribution in [2.75, 3.05) is 0 Å². The lowest BCUT2D eigenvalue weighted by atomic mass is 9.98. The molecule has 0 aliphatic heterocycles. The van der Waals surface area contributed by atoms with E-state index in [9.17, 15) is 0 Å². The van der Waals surface area contributed by atoms with Gasteiger partial charge in [-0.1, -0.05) is 26.2 Å². The molecule has 18 heavy (non-hydrogen) atoms. The van der Waals surface area contributed by atoms with Gasteiger partial charge in [0.05, 0.1) is 0 Å². The first kappa shape index (κ1) is 13.5. The third-order valence-corrected chi connectivity index (χ3v) is 4.39. The number of pyridine rings is 1. The molecule has 1 fully saturated rings. The fourth-order valence-corrected chi connectivity index (χ4v) is 2.93. The summed E-state index contributed by atoms with van der Waals surface area (Å²) in [5.41, 5.74) is 2.69. The number of hydrogen-bond acceptors (Lipinski definition) is 2. The highest BCUT2D eigenvalue weighted by atomic mass is 14.9. The highest BCUT2D eigenvalue weighted by molar-refractivity contribution is 5.21. The van der Waals surface area contributed by atoms with Gasteiger partial charge in [-0.15, -0.1) is 0 Å².